The Balaban J connectivity index is 4.03. The van der Waals surface area contributed by atoms with Crippen molar-refractivity contribution in [3.05, 3.63) is 0 Å². The summed E-state index contributed by atoms with van der Waals surface area (Å²) in [5, 5.41) is 0. The van der Waals surface area contributed by atoms with Gasteiger partial charge < -0.3 is 0 Å². The second-order valence-electron chi connectivity index (χ2n) is 11.0. The van der Waals surface area contributed by atoms with Gasteiger partial charge in [0, 0.05) is 7.26 Å². The summed E-state index contributed by atoms with van der Waals surface area (Å²) in [6, 6.07) is 0. The molecule has 0 aromatic carbocycles. The van der Waals surface area contributed by atoms with Gasteiger partial charge in [-0.2, -0.15) is 0 Å². The average Bonchev–Trinajstić information content (AvgIpc) is 2.80. The zero-order chi connectivity index (χ0) is 23.6. The number of rotatable bonds is 27. The number of hydrogen-bond acceptors (Lipinski definition) is 0. The summed E-state index contributed by atoms with van der Waals surface area (Å²) in [6.45, 7) is 9.44. The van der Waals surface area contributed by atoms with E-state index in [1.165, 1.54) is 141 Å². The Morgan fingerprint density at radius 3 is 0.719 bits per heavy atom. The lowest BCUT2D eigenvalue weighted by Gasteiger charge is -2.28. The highest BCUT2D eigenvalue weighted by Gasteiger charge is 2.34. The highest BCUT2D eigenvalue weighted by molar-refractivity contribution is 7.75. The first-order valence-corrected chi connectivity index (χ1v) is 18.1. The molecule has 0 heterocycles. The molecule has 0 aromatic heterocycles. The van der Waals surface area contributed by atoms with Crippen molar-refractivity contribution in [2.24, 2.45) is 0 Å². The smallest absolute Gasteiger partial charge is 0.0594 e. The molecule has 0 aromatic rings. The Morgan fingerprint density at radius 2 is 0.438 bits per heavy atom. The quantitative estimate of drug-likeness (QED) is 0.0828. The van der Waals surface area contributed by atoms with E-state index in [1.54, 1.807) is 31.1 Å². The van der Waals surface area contributed by atoms with Gasteiger partial charge >= 0.3 is 0 Å². The van der Waals surface area contributed by atoms with Crippen LogP contribution in [0.5, 0.6) is 0 Å². The Hall–Kier alpha value is 0.430. The van der Waals surface area contributed by atoms with Crippen LogP contribution in [0.15, 0.2) is 0 Å². The van der Waals surface area contributed by atoms with Gasteiger partial charge in [0.1, 0.15) is 0 Å². The number of hydrogen-bond donors (Lipinski definition) is 0. The topological polar surface area (TPSA) is 0 Å². The van der Waals surface area contributed by atoms with Crippen molar-refractivity contribution in [3.8, 4) is 0 Å². The molecule has 194 valence electrons. The van der Waals surface area contributed by atoms with Crippen molar-refractivity contribution in [2.45, 2.75) is 175 Å². The van der Waals surface area contributed by atoms with Gasteiger partial charge in [0.05, 0.1) is 24.6 Å². The lowest BCUT2D eigenvalue weighted by molar-refractivity contribution is 0.538. The molecule has 0 spiro atoms. The fourth-order valence-corrected chi connectivity index (χ4v) is 10.3. The molecule has 0 aliphatic rings. The molecular formula is C31H66P+. The van der Waals surface area contributed by atoms with Gasteiger partial charge in [0.25, 0.3) is 0 Å². The normalized spacial score (nSPS) is 12.0. The molecule has 0 unspecified atom stereocenters. The molecule has 0 radical (unpaired) electrons. The Labute approximate surface area is 207 Å². The largest absolute Gasteiger partial charge is 0.0654 e. The highest BCUT2D eigenvalue weighted by atomic mass is 31.2. The maximum atomic E-state index is 2.38. The van der Waals surface area contributed by atoms with Gasteiger partial charge in [-0.05, 0) is 32.1 Å². The van der Waals surface area contributed by atoms with Crippen molar-refractivity contribution in [2.75, 3.05) is 24.6 Å². The van der Waals surface area contributed by atoms with Crippen LogP contribution in [0, 0.1) is 0 Å². The molecule has 0 saturated carbocycles. The molecule has 0 aliphatic heterocycles. The molecule has 0 aliphatic carbocycles. The van der Waals surface area contributed by atoms with Crippen molar-refractivity contribution in [1.29, 1.82) is 0 Å². The van der Waals surface area contributed by atoms with Crippen LogP contribution < -0.4 is 0 Å². The summed E-state index contributed by atoms with van der Waals surface area (Å²) in [5.41, 5.74) is 0. The van der Waals surface area contributed by atoms with Crippen molar-refractivity contribution < 1.29 is 0 Å². The van der Waals surface area contributed by atoms with Crippen LogP contribution in [0.2, 0.25) is 0 Å². The third-order valence-corrected chi connectivity index (χ3v) is 12.8. The zero-order valence-corrected chi connectivity index (χ0v) is 24.4. The van der Waals surface area contributed by atoms with Gasteiger partial charge in [-0.15, -0.1) is 0 Å². The second-order valence-corrected chi connectivity index (χ2v) is 15.4. The van der Waals surface area contributed by atoms with Crippen molar-refractivity contribution >= 4 is 7.26 Å². The molecule has 0 bridgehead atoms. The monoisotopic (exact) mass is 469 g/mol. The lowest BCUT2D eigenvalue weighted by Crippen LogP contribution is -2.13. The number of unbranched alkanes of at least 4 members (excludes halogenated alkanes) is 19. The van der Waals surface area contributed by atoms with E-state index in [1.807, 2.05) is 0 Å². The van der Waals surface area contributed by atoms with Crippen molar-refractivity contribution in [1.82, 2.24) is 0 Å². The van der Waals surface area contributed by atoms with Crippen LogP contribution in [0.3, 0.4) is 0 Å². The minimum atomic E-state index is -0.670. The first-order valence-electron chi connectivity index (χ1n) is 15.6. The third kappa shape index (κ3) is 21.0. The maximum absolute atomic E-state index is 2.38. The zero-order valence-electron chi connectivity index (χ0n) is 23.5. The van der Waals surface area contributed by atoms with Gasteiger partial charge in [0.2, 0.25) is 0 Å². The molecule has 0 N–H and O–H groups in total. The van der Waals surface area contributed by atoms with E-state index < -0.39 is 7.26 Å². The molecule has 32 heavy (non-hydrogen) atoms. The van der Waals surface area contributed by atoms with Gasteiger partial charge in [-0.25, -0.2) is 0 Å². The fourth-order valence-electron chi connectivity index (χ4n) is 5.40. The summed E-state index contributed by atoms with van der Waals surface area (Å²) >= 11 is 0. The summed E-state index contributed by atoms with van der Waals surface area (Å²) in [4.78, 5) is 0. The average molecular weight is 470 g/mol. The van der Waals surface area contributed by atoms with Crippen molar-refractivity contribution in [3.63, 3.8) is 0 Å². The van der Waals surface area contributed by atoms with E-state index in [9.17, 15) is 0 Å². The predicted octanol–water partition coefficient (Wildman–Crippen LogP) is 12.1. The first kappa shape index (κ1) is 32.4. The highest BCUT2D eigenvalue weighted by Crippen LogP contribution is 2.61. The molecule has 0 fully saturated rings. The summed E-state index contributed by atoms with van der Waals surface area (Å²) in [7, 11) is -0.670. The van der Waals surface area contributed by atoms with E-state index in [0.29, 0.717) is 0 Å². The molecule has 0 saturated heterocycles. The van der Waals surface area contributed by atoms with Crippen LogP contribution in [-0.4, -0.2) is 24.6 Å². The standard InChI is InChI=1S/C31H66P/c1-5-9-13-14-15-16-17-18-19-20-21-22-23-27-31-32(28-24-10-6-2,29-25-11-7-3)30-26-12-8-4/h5-31H2,1-4H3/q+1. The first-order chi connectivity index (χ1) is 15.7. The molecule has 0 atom stereocenters. The molecule has 1 heteroatoms. The summed E-state index contributed by atoms with van der Waals surface area (Å²) < 4.78 is 0. The minimum absolute atomic E-state index is 0.670. The van der Waals surface area contributed by atoms with E-state index in [0.717, 1.165) is 0 Å². The van der Waals surface area contributed by atoms with E-state index in [4.69, 9.17) is 0 Å². The van der Waals surface area contributed by atoms with E-state index in [-0.39, 0.29) is 0 Å². The molecule has 0 rings (SSSR count). The van der Waals surface area contributed by atoms with Crippen LogP contribution in [0.25, 0.3) is 0 Å². The van der Waals surface area contributed by atoms with Crippen LogP contribution >= 0.6 is 7.26 Å². The fraction of sp³-hybridized carbons (Fsp3) is 1.00. The van der Waals surface area contributed by atoms with E-state index >= 15 is 0 Å². The van der Waals surface area contributed by atoms with Crippen LogP contribution in [-0.2, 0) is 0 Å². The predicted molar refractivity (Wildman–Crippen MR) is 155 cm³/mol. The van der Waals surface area contributed by atoms with Gasteiger partial charge in [0.15, 0.2) is 0 Å². The van der Waals surface area contributed by atoms with E-state index in [2.05, 4.69) is 27.7 Å². The molecule has 0 amide bonds. The second kappa shape index (κ2) is 26.0. The minimum Gasteiger partial charge on any atom is -0.0654 e. The van der Waals surface area contributed by atoms with Gasteiger partial charge in [-0.3, -0.25) is 0 Å². The van der Waals surface area contributed by atoms with Crippen LogP contribution in [0.1, 0.15) is 175 Å². The van der Waals surface area contributed by atoms with Gasteiger partial charge in [-0.1, -0.05) is 143 Å². The SMILES string of the molecule is CCCCCCCCCCCCCCCC[P+](CCCCC)(CCCCC)CCCCC. The maximum Gasteiger partial charge on any atom is 0.0594 e. The Morgan fingerprint density at radius 1 is 0.250 bits per heavy atom. The Bertz CT molecular complexity index is 311. The molecule has 0 nitrogen and oxygen atoms in total. The Kier molecular flexibility index (Phi) is 26.4. The van der Waals surface area contributed by atoms with Crippen LogP contribution in [0.4, 0.5) is 0 Å². The third-order valence-electron chi connectivity index (χ3n) is 7.69. The lowest BCUT2D eigenvalue weighted by atomic mass is 10.0. The summed E-state index contributed by atoms with van der Waals surface area (Å²) in [5.74, 6) is 0. The molecular weight excluding hydrogens is 403 g/mol. The summed E-state index contributed by atoms with van der Waals surface area (Å²) in [6.07, 6.45) is 40.5.